The molecule has 0 radical (unpaired) electrons. The van der Waals surface area contributed by atoms with Gasteiger partial charge in [0.15, 0.2) is 11.2 Å². The van der Waals surface area contributed by atoms with E-state index in [0.29, 0.717) is 13.2 Å². The average molecular weight is 801 g/mol. The summed E-state index contributed by atoms with van der Waals surface area (Å²) in [6.45, 7) is 13.8. The maximum absolute atomic E-state index is 7.33. The molecule has 6 aromatic rings. The first kappa shape index (κ1) is 40.6. The Balaban J connectivity index is 1.25. The van der Waals surface area contributed by atoms with Gasteiger partial charge in [-0.15, -0.1) is 0 Å². The van der Waals surface area contributed by atoms with E-state index in [-0.39, 0.29) is 12.2 Å². The molecule has 2 aliphatic rings. The third-order valence-corrected chi connectivity index (χ3v) is 11.1. The Morgan fingerprint density at radius 3 is 1.35 bits per heavy atom. The van der Waals surface area contributed by atoms with Crippen molar-refractivity contribution in [3.63, 3.8) is 0 Å². The molecule has 0 aliphatic carbocycles. The lowest BCUT2D eigenvalue weighted by atomic mass is 9.81. The first-order chi connectivity index (χ1) is 29.2. The van der Waals surface area contributed by atoms with Gasteiger partial charge in [0.1, 0.15) is 34.5 Å². The summed E-state index contributed by atoms with van der Waals surface area (Å²) in [5.41, 5.74) is 3.81. The fraction of sp³-hybridized carbons (Fsp3) is 0.296. The zero-order valence-corrected chi connectivity index (χ0v) is 35.7. The van der Waals surface area contributed by atoms with Crippen LogP contribution in [0.25, 0.3) is 22.9 Å². The van der Waals surface area contributed by atoms with Crippen LogP contribution >= 0.6 is 0 Å². The van der Waals surface area contributed by atoms with E-state index in [9.17, 15) is 0 Å². The zero-order valence-electron chi connectivity index (χ0n) is 35.7. The Labute approximate surface area is 355 Å². The number of hydrogen-bond acceptors (Lipinski definition) is 6. The van der Waals surface area contributed by atoms with Crippen LogP contribution in [0, 0.1) is 0 Å². The fourth-order valence-corrected chi connectivity index (χ4v) is 8.21. The Bertz CT molecular complexity index is 2320. The smallest absolute Gasteiger partial charge is 0.181 e. The van der Waals surface area contributed by atoms with Crippen molar-refractivity contribution in [2.24, 2.45) is 0 Å². The van der Waals surface area contributed by atoms with Crippen molar-refractivity contribution >= 4 is 22.9 Å². The fourth-order valence-electron chi connectivity index (χ4n) is 8.21. The molecule has 0 spiro atoms. The maximum Gasteiger partial charge on any atom is 0.181 e. The van der Waals surface area contributed by atoms with Gasteiger partial charge in [-0.05, 0) is 107 Å². The zero-order chi connectivity index (χ0) is 41.7. The third-order valence-electron chi connectivity index (χ3n) is 11.1. The van der Waals surface area contributed by atoms with E-state index in [0.717, 1.165) is 104 Å². The largest absolute Gasteiger partial charge is 0.493 e. The van der Waals surface area contributed by atoms with Crippen LogP contribution in [-0.4, -0.2) is 25.4 Å². The third kappa shape index (κ3) is 7.95. The van der Waals surface area contributed by atoms with Crippen LogP contribution in [0.5, 0.6) is 34.5 Å². The summed E-state index contributed by atoms with van der Waals surface area (Å²) >= 11 is 0. The van der Waals surface area contributed by atoms with Crippen molar-refractivity contribution < 1.29 is 28.4 Å². The van der Waals surface area contributed by atoms with Gasteiger partial charge in [0.25, 0.3) is 0 Å². The molecule has 0 N–H and O–H groups in total. The molecule has 0 bridgehead atoms. The molecule has 308 valence electrons. The molecular weight excluding hydrogens is 745 g/mol. The highest BCUT2D eigenvalue weighted by Crippen LogP contribution is 2.52. The van der Waals surface area contributed by atoms with E-state index >= 15 is 0 Å². The van der Waals surface area contributed by atoms with E-state index in [1.54, 1.807) is 0 Å². The minimum Gasteiger partial charge on any atom is -0.493 e. The molecule has 0 aromatic heterocycles. The molecule has 0 saturated carbocycles. The minimum atomic E-state index is -0.975. The predicted molar refractivity (Wildman–Crippen MR) is 243 cm³/mol. The van der Waals surface area contributed by atoms with Crippen molar-refractivity contribution in [1.29, 1.82) is 0 Å². The van der Waals surface area contributed by atoms with E-state index in [1.165, 1.54) is 0 Å². The normalized spacial score (nSPS) is 17.8. The average Bonchev–Trinajstić information content (AvgIpc) is 3.26. The van der Waals surface area contributed by atoms with Gasteiger partial charge in [0.2, 0.25) is 0 Å². The Hall–Kier alpha value is -6.14. The molecule has 6 nitrogen and oxygen atoms in total. The van der Waals surface area contributed by atoms with E-state index in [2.05, 4.69) is 123 Å². The molecule has 6 heteroatoms. The van der Waals surface area contributed by atoms with Gasteiger partial charge in [0, 0.05) is 50.9 Å². The summed E-state index contributed by atoms with van der Waals surface area (Å²) in [5, 5.41) is 2.14. The monoisotopic (exact) mass is 800 g/mol. The van der Waals surface area contributed by atoms with Crippen molar-refractivity contribution in [2.75, 3.05) is 13.2 Å². The van der Waals surface area contributed by atoms with Crippen molar-refractivity contribution in [2.45, 2.75) is 90.6 Å². The predicted octanol–water partition coefficient (Wildman–Crippen LogP) is 13.5. The molecule has 2 aliphatic heterocycles. The molecule has 2 heterocycles. The summed E-state index contributed by atoms with van der Waals surface area (Å²) in [5.74, 6) is 4.54. The topological polar surface area (TPSA) is 55.4 Å². The van der Waals surface area contributed by atoms with Gasteiger partial charge in [0.05, 0.1) is 25.4 Å². The molecule has 6 aromatic carbocycles. The second-order valence-corrected chi connectivity index (χ2v) is 16.2. The number of benzene rings is 6. The summed E-state index contributed by atoms with van der Waals surface area (Å²) in [7, 11) is 0. The van der Waals surface area contributed by atoms with Gasteiger partial charge in [-0.2, -0.15) is 0 Å². The van der Waals surface area contributed by atoms with Gasteiger partial charge in [-0.3, -0.25) is 0 Å². The first-order valence-electron chi connectivity index (χ1n) is 21.6. The number of unbranched alkanes of at least 4 members (excludes halogenated alkanes) is 2. The molecule has 0 amide bonds. The minimum absolute atomic E-state index is 0.0577. The lowest BCUT2D eigenvalue weighted by molar-refractivity contribution is 0.149. The van der Waals surface area contributed by atoms with Crippen molar-refractivity contribution in [3.8, 4) is 34.5 Å². The van der Waals surface area contributed by atoms with Crippen LogP contribution in [0.15, 0.2) is 133 Å². The van der Waals surface area contributed by atoms with Crippen LogP contribution in [0.1, 0.15) is 101 Å². The van der Waals surface area contributed by atoms with Crippen LogP contribution in [-0.2, 0) is 11.2 Å². The first-order valence-corrected chi connectivity index (χ1v) is 21.6. The molecular formula is C54H56O6. The summed E-state index contributed by atoms with van der Waals surface area (Å²) in [6, 6.07) is 41.4. The molecule has 60 heavy (non-hydrogen) atoms. The summed E-state index contributed by atoms with van der Waals surface area (Å²) in [4.78, 5) is 0. The molecule has 2 atom stereocenters. The molecule has 0 saturated heterocycles. The molecule has 8 rings (SSSR count). The SMILES string of the molecule is CCCCOc1ccc(C2(c3ccccc3)C=Cc3c(ccc4ccc5c(c34)C=CC(c3ccccc3)(c3ccc(OCCCC)cc3OC(C)C)O5)O2)c(OC(C)C)c1. The highest BCUT2D eigenvalue weighted by molar-refractivity contribution is 6.02. The number of hydrogen-bond donors (Lipinski definition) is 0. The Morgan fingerprint density at radius 2 is 0.950 bits per heavy atom. The van der Waals surface area contributed by atoms with Crippen molar-refractivity contribution in [1.82, 2.24) is 0 Å². The Kier molecular flexibility index (Phi) is 11.9. The Morgan fingerprint density at radius 1 is 0.517 bits per heavy atom. The van der Waals surface area contributed by atoms with Crippen LogP contribution in [0.4, 0.5) is 0 Å². The van der Waals surface area contributed by atoms with E-state index in [4.69, 9.17) is 28.4 Å². The van der Waals surface area contributed by atoms with Crippen LogP contribution < -0.4 is 28.4 Å². The molecule has 2 unspecified atom stereocenters. The van der Waals surface area contributed by atoms with Gasteiger partial charge in [-0.1, -0.05) is 99.5 Å². The van der Waals surface area contributed by atoms with Crippen molar-refractivity contribution in [3.05, 3.63) is 167 Å². The summed E-state index contributed by atoms with van der Waals surface area (Å²) in [6.07, 6.45) is 12.7. The molecule has 0 fully saturated rings. The van der Waals surface area contributed by atoms with E-state index < -0.39 is 11.2 Å². The second-order valence-electron chi connectivity index (χ2n) is 16.2. The summed E-state index contributed by atoms with van der Waals surface area (Å²) < 4.78 is 40.0. The van der Waals surface area contributed by atoms with Crippen LogP contribution in [0.2, 0.25) is 0 Å². The highest BCUT2D eigenvalue weighted by atomic mass is 16.5. The quantitative estimate of drug-likeness (QED) is 0.0909. The van der Waals surface area contributed by atoms with Gasteiger partial charge in [-0.25, -0.2) is 0 Å². The highest BCUT2D eigenvalue weighted by Gasteiger charge is 2.42. The van der Waals surface area contributed by atoms with E-state index in [1.807, 2.05) is 64.1 Å². The second kappa shape index (κ2) is 17.6. The maximum atomic E-state index is 7.33. The van der Waals surface area contributed by atoms with Crippen LogP contribution in [0.3, 0.4) is 0 Å². The standard InChI is InChI=1S/C54H56O6/c1-7-9-33-55-42-23-25-46(50(35-42)57-37(3)4)53(40-17-13-11-14-18-40)31-29-44-48(59-53)27-21-39-22-28-49-45(52(39)44)30-32-54(60-49,41-19-15-12-16-20-41)47-26-24-43(56-34-10-8-2)36-51(47)58-38(5)6/h11-32,35-38H,7-10,33-34H2,1-6H3. The van der Waals surface area contributed by atoms with Gasteiger partial charge < -0.3 is 28.4 Å². The lowest BCUT2D eigenvalue weighted by Crippen LogP contribution is -2.35. The van der Waals surface area contributed by atoms with Gasteiger partial charge >= 0.3 is 0 Å². The lowest BCUT2D eigenvalue weighted by Gasteiger charge is -2.39. The number of rotatable bonds is 16. The number of ether oxygens (including phenoxy) is 6. The number of fused-ring (bicyclic) bond motifs is 5.